The van der Waals surface area contributed by atoms with E-state index in [0.717, 1.165) is 16.1 Å². The highest BCUT2D eigenvalue weighted by Crippen LogP contribution is 2.36. The summed E-state index contributed by atoms with van der Waals surface area (Å²) in [7, 11) is 1.54. The second-order valence-electron chi connectivity index (χ2n) is 6.46. The molecule has 0 bridgehead atoms. The third-order valence-electron chi connectivity index (χ3n) is 4.36. The molecule has 9 heteroatoms. The molecule has 2 N–H and O–H groups in total. The van der Waals surface area contributed by atoms with Gasteiger partial charge in [0.25, 0.3) is 11.8 Å². The first kappa shape index (κ1) is 19.7. The first-order valence-corrected chi connectivity index (χ1v) is 9.95. The lowest BCUT2D eigenvalue weighted by molar-refractivity contribution is -0.119. The summed E-state index contributed by atoms with van der Waals surface area (Å²) in [6.07, 6.45) is 0. The number of nitrogens with zero attached hydrogens (tertiary/aromatic N) is 1. The van der Waals surface area contributed by atoms with Gasteiger partial charge in [0.05, 0.1) is 18.5 Å². The predicted octanol–water partition coefficient (Wildman–Crippen LogP) is 3.48. The second kappa shape index (κ2) is 8.42. The summed E-state index contributed by atoms with van der Waals surface area (Å²) >= 11 is 1.36. The summed E-state index contributed by atoms with van der Waals surface area (Å²) in [5, 5.41) is 6.01. The van der Waals surface area contributed by atoms with Gasteiger partial charge in [-0.1, -0.05) is 12.1 Å². The zero-order valence-corrected chi connectivity index (χ0v) is 17.2. The van der Waals surface area contributed by atoms with E-state index in [2.05, 4.69) is 15.6 Å². The minimum absolute atomic E-state index is 0.00911. The average molecular weight is 425 g/mol. The van der Waals surface area contributed by atoms with Gasteiger partial charge in [-0.15, -0.1) is 11.3 Å². The molecule has 0 radical (unpaired) electrons. The topological polar surface area (TPSA) is 98.8 Å². The molecular formula is C21H19N3O5S. The van der Waals surface area contributed by atoms with Crippen molar-refractivity contribution >= 4 is 34.0 Å². The van der Waals surface area contributed by atoms with E-state index in [9.17, 15) is 9.59 Å². The molecule has 3 aromatic rings. The molecule has 8 nitrogen and oxygen atoms in total. The van der Waals surface area contributed by atoms with Crippen LogP contribution in [0.4, 0.5) is 10.8 Å². The van der Waals surface area contributed by atoms with Gasteiger partial charge in [0.2, 0.25) is 0 Å². The third-order valence-corrected chi connectivity index (χ3v) is 5.24. The van der Waals surface area contributed by atoms with E-state index in [-0.39, 0.29) is 25.0 Å². The number of anilines is 2. The van der Waals surface area contributed by atoms with Crippen LogP contribution in [0.3, 0.4) is 0 Å². The Morgan fingerprint density at radius 3 is 2.87 bits per heavy atom. The Morgan fingerprint density at radius 1 is 1.27 bits per heavy atom. The van der Waals surface area contributed by atoms with Crippen LogP contribution >= 0.6 is 11.3 Å². The summed E-state index contributed by atoms with van der Waals surface area (Å²) in [6.45, 7) is 1.76. The normalized spacial score (nSPS) is 12.4. The van der Waals surface area contributed by atoms with E-state index in [1.54, 1.807) is 31.4 Å². The van der Waals surface area contributed by atoms with Gasteiger partial charge in [-0.25, -0.2) is 4.98 Å². The standard InChI is InChI=1S/C21H19N3O5S/c1-12-20(13-7-8-15-14(9-13)22-18(25)10-28-15)24-21(30-12)23-19(26)11-29-17-6-4-3-5-16(17)27-2/h3-9H,10-11H2,1-2H3,(H,22,25)(H,23,24,26). The monoisotopic (exact) mass is 425 g/mol. The molecule has 1 aromatic heterocycles. The Bertz CT molecular complexity index is 1110. The number of aryl methyl sites for hydroxylation is 1. The van der Waals surface area contributed by atoms with Crippen molar-refractivity contribution in [2.24, 2.45) is 0 Å². The summed E-state index contributed by atoms with van der Waals surface area (Å²) in [5.41, 5.74) is 2.15. The van der Waals surface area contributed by atoms with Crippen LogP contribution in [0.2, 0.25) is 0 Å². The Kier molecular flexibility index (Phi) is 5.53. The second-order valence-corrected chi connectivity index (χ2v) is 7.66. The number of benzene rings is 2. The number of amides is 2. The highest BCUT2D eigenvalue weighted by molar-refractivity contribution is 7.16. The van der Waals surface area contributed by atoms with Crippen molar-refractivity contribution in [1.29, 1.82) is 0 Å². The van der Waals surface area contributed by atoms with Crippen molar-refractivity contribution in [2.75, 3.05) is 31.0 Å². The average Bonchev–Trinajstić information content (AvgIpc) is 3.11. The minimum atomic E-state index is -0.327. The molecule has 0 saturated carbocycles. The number of carbonyl (C=O) groups excluding carboxylic acids is 2. The van der Waals surface area contributed by atoms with Crippen LogP contribution < -0.4 is 24.8 Å². The number of ether oxygens (including phenoxy) is 3. The van der Waals surface area contributed by atoms with Crippen LogP contribution in [-0.4, -0.2) is 37.1 Å². The van der Waals surface area contributed by atoms with Gasteiger partial charge >= 0.3 is 0 Å². The summed E-state index contributed by atoms with van der Waals surface area (Å²) < 4.78 is 16.1. The Balaban J connectivity index is 1.44. The van der Waals surface area contributed by atoms with Gasteiger partial charge in [-0.05, 0) is 37.3 Å². The summed E-state index contributed by atoms with van der Waals surface area (Å²) in [4.78, 5) is 29.3. The van der Waals surface area contributed by atoms with Gasteiger partial charge in [-0.3, -0.25) is 14.9 Å². The maximum absolute atomic E-state index is 12.3. The number of hydrogen-bond acceptors (Lipinski definition) is 7. The smallest absolute Gasteiger partial charge is 0.264 e. The number of thiazole rings is 1. The zero-order valence-electron chi connectivity index (χ0n) is 16.4. The predicted molar refractivity (Wildman–Crippen MR) is 114 cm³/mol. The molecule has 2 aromatic carbocycles. The van der Waals surface area contributed by atoms with E-state index in [4.69, 9.17) is 14.2 Å². The lowest BCUT2D eigenvalue weighted by atomic mass is 10.1. The number of aromatic nitrogens is 1. The van der Waals surface area contributed by atoms with Gasteiger partial charge in [-0.2, -0.15) is 0 Å². The summed E-state index contributed by atoms with van der Waals surface area (Å²) in [5.74, 6) is 1.14. The first-order valence-electron chi connectivity index (χ1n) is 9.13. The zero-order chi connectivity index (χ0) is 21.1. The number of hydrogen-bond donors (Lipinski definition) is 2. The first-order chi connectivity index (χ1) is 14.5. The third kappa shape index (κ3) is 4.20. The summed E-state index contributed by atoms with van der Waals surface area (Å²) in [6, 6.07) is 12.6. The van der Waals surface area contributed by atoms with Crippen molar-refractivity contribution in [1.82, 2.24) is 4.98 Å². The molecule has 2 amide bonds. The van der Waals surface area contributed by atoms with Crippen LogP contribution in [-0.2, 0) is 9.59 Å². The molecule has 30 heavy (non-hydrogen) atoms. The molecule has 4 rings (SSSR count). The lowest BCUT2D eigenvalue weighted by Gasteiger charge is -2.18. The van der Waals surface area contributed by atoms with E-state index >= 15 is 0 Å². The van der Waals surface area contributed by atoms with Gasteiger partial charge in [0, 0.05) is 10.4 Å². The van der Waals surface area contributed by atoms with Gasteiger partial charge < -0.3 is 19.5 Å². The highest BCUT2D eigenvalue weighted by Gasteiger charge is 2.19. The fourth-order valence-corrected chi connectivity index (χ4v) is 3.84. The van der Waals surface area contributed by atoms with E-state index in [1.807, 2.05) is 25.1 Å². The van der Waals surface area contributed by atoms with Crippen LogP contribution in [0.1, 0.15) is 4.88 Å². The molecular weight excluding hydrogens is 406 g/mol. The number of rotatable bonds is 6. The van der Waals surface area contributed by atoms with Gasteiger partial charge in [0.15, 0.2) is 29.8 Å². The number of fused-ring (bicyclic) bond motifs is 1. The van der Waals surface area contributed by atoms with Gasteiger partial charge in [0.1, 0.15) is 5.75 Å². The van der Waals surface area contributed by atoms with E-state index in [1.165, 1.54) is 11.3 Å². The maximum atomic E-state index is 12.3. The molecule has 154 valence electrons. The van der Waals surface area contributed by atoms with Crippen LogP contribution in [0.15, 0.2) is 42.5 Å². The largest absolute Gasteiger partial charge is 0.493 e. The lowest BCUT2D eigenvalue weighted by Crippen LogP contribution is -2.25. The minimum Gasteiger partial charge on any atom is -0.493 e. The molecule has 0 fully saturated rings. The SMILES string of the molecule is COc1ccccc1OCC(=O)Nc1nc(-c2ccc3c(c2)NC(=O)CO3)c(C)s1. The van der Waals surface area contributed by atoms with E-state index in [0.29, 0.717) is 28.1 Å². The quantitative estimate of drug-likeness (QED) is 0.627. The number of para-hydroxylation sites is 2. The highest BCUT2D eigenvalue weighted by atomic mass is 32.1. The fourth-order valence-electron chi connectivity index (χ4n) is 2.98. The number of nitrogens with one attached hydrogen (secondary N) is 2. The molecule has 0 unspecified atom stereocenters. The van der Waals surface area contributed by atoms with Crippen molar-refractivity contribution in [3.63, 3.8) is 0 Å². The molecule has 0 spiro atoms. The molecule has 2 heterocycles. The molecule has 1 aliphatic heterocycles. The number of methoxy groups -OCH3 is 1. The van der Waals surface area contributed by atoms with Crippen molar-refractivity contribution in [3.05, 3.63) is 47.3 Å². The van der Waals surface area contributed by atoms with Crippen LogP contribution in [0.5, 0.6) is 17.2 Å². The Morgan fingerprint density at radius 2 is 2.07 bits per heavy atom. The van der Waals surface area contributed by atoms with Crippen LogP contribution in [0.25, 0.3) is 11.3 Å². The molecule has 0 atom stereocenters. The fraction of sp³-hybridized carbons (Fsp3) is 0.190. The van der Waals surface area contributed by atoms with Crippen molar-refractivity contribution in [3.8, 4) is 28.5 Å². The molecule has 1 aliphatic rings. The van der Waals surface area contributed by atoms with E-state index < -0.39 is 0 Å². The number of carbonyl (C=O) groups is 2. The molecule has 0 saturated heterocycles. The Hall–Kier alpha value is -3.59. The van der Waals surface area contributed by atoms with Crippen LogP contribution in [0, 0.1) is 6.92 Å². The maximum Gasteiger partial charge on any atom is 0.264 e. The Labute approximate surface area is 176 Å². The van der Waals surface area contributed by atoms with Crippen molar-refractivity contribution in [2.45, 2.75) is 6.92 Å². The molecule has 0 aliphatic carbocycles. The van der Waals surface area contributed by atoms with Crippen molar-refractivity contribution < 1.29 is 23.8 Å².